The van der Waals surface area contributed by atoms with E-state index in [1.54, 1.807) is 32.0 Å². The van der Waals surface area contributed by atoms with E-state index < -0.39 is 29.3 Å². The zero-order chi connectivity index (χ0) is 16.6. The van der Waals surface area contributed by atoms with Gasteiger partial charge in [0.05, 0.1) is 5.92 Å². The van der Waals surface area contributed by atoms with Crippen LogP contribution in [0.4, 0.5) is 0 Å². The summed E-state index contributed by atoms with van der Waals surface area (Å²) in [7, 11) is 0. The fraction of sp³-hybridized carbons (Fsp3) is 0.533. The van der Waals surface area contributed by atoms with Gasteiger partial charge in [0.15, 0.2) is 23.1 Å². The molecular weight excluding hydrogens is 306 g/mol. The monoisotopic (exact) mass is 323 g/mol. The molecule has 1 saturated heterocycles. The predicted molar refractivity (Wildman–Crippen MR) is 77.1 cm³/mol. The van der Waals surface area contributed by atoms with E-state index >= 15 is 0 Å². The fourth-order valence-corrected chi connectivity index (χ4v) is 2.72. The molecule has 8 nitrogen and oxygen atoms in total. The SMILES string of the molecule is CC1(C)OCC(=O)[C@H]([C@@H](C[N+](=O)[O-])c2ccc3c(c2)OCO3)O1. The highest BCUT2D eigenvalue weighted by Crippen LogP contribution is 2.37. The first-order chi connectivity index (χ1) is 10.9. The second kappa shape index (κ2) is 5.78. The van der Waals surface area contributed by atoms with Crippen molar-refractivity contribution in [3.63, 3.8) is 0 Å². The maximum atomic E-state index is 12.2. The first-order valence-corrected chi connectivity index (χ1v) is 7.21. The standard InChI is InChI=1S/C15H17NO7/c1-15(2)22-7-11(17)14(23-15)10(6-16(18)19)9-3-4-12-13(5-9)21-8-20-12/h3-5,10,14H,6-8H2,1-2H3/t10-,14-/m0/s1. The molecule has 0 aliphatic carbocycles. The van der Waals surface area contributed by atoms with Gasteiger partial charge in [0.1, 0.15) is 12.7 Å². The topological polar surface area (TPSA) is 97.1 Å². The van der Waals surface area contributed by atoms with E-state index in [1.807, 2.05) is 0 Å². The molecule has 1 aromatic rings. The molecule has 0 amide bonds. The van der Waals surface area contributed by atoms with E-state index in [2.05, 4.69) is 0 Å². The van der Waals surface area contributed by atoms with Gasteiger partial charge in [-0.05, 0) is 31.5 Å². The van der Waals surface area contributed by atoms with Gasteiger partial charge < -0.3 is 18.9 Å². The van der Waals surface area contributed by atoms with E-state index in [0.29, 0.717) is 17.1 Å². The molecule has 2 atom stereocenters. The van der Waals surface area contributed by atoms with Crippen LogP contribution in [0.1, 0.15) is 25.3 Å². The summed E-state index contributed by atoms with van der Waals surface area (Å²) in [5.74, 6) is -0.921. The van der Waals surface area contributed by atoms with Crippen molar-refractivity contribution in [3.05, 3.63) is 33.9 Å². The zero-order valence-electron chi connectivity index (χ0n) is 12.8. The number of fused-ring (bicyclic) bond motifs is 1. The molecule has 2 aliphatic heterocycles. The van der Waals surface area contributed by atoms with Gasteiger partial charge >= 0.3 is 0 Å². The van der Waals surface area contributed by atoms with Crippen molar-refractivity contribution in [3.8, 4) is 11.5 Å². The third-order valence-electron chi connectivity index (χ3n) is 3.83. The lowest BCUT2D eigenvalue weighted by atomic mass is 9.90. The Morgan fingerprint density at radius 3 is 2.83 bits per heavy atom. The molecule has 0 spiro atoms. The molecule has 0 saturated carbocycles. The lowest BCUT2D eigenvalue weighted by Gasteiger charge is -2.37. The summed E-state index contributed by atoms with van der Waals surface area (Å²) in [5.41, 5.74) is 0.599. The number of nitrogens with zero attached hydrogens (tertiary/aromatic N) is 1. The minimum atomic E-state index is -0.968. The summed E-state index contributed by atoms with van der Waals surface area (Å²) in [6.07, 6.45) is -0.940. The quantitative estimate of drug-likeness (QED) is 0.611. The third-order valence-corrected chi connectivity index (χ3v) is 3.83. The van der Waals surface area contributed by atoms with Crippen LogP contribution < -0.4 is 9.47 Å². The van der Waals surface area contributed by atoms with Crippen molar-refractivity contribution < 1.29 is 28.7 Å². The molecule has 2 aliphatic rings. The Labute approximate surface area is 132 Å². The second-order valence-electron chi connectivity index (χ2n) is 5.93. The van der Waals surface area contributed by atoms with Gasteiger partial charge in [-0.1, -0.05) is 6.07 Å². The van der Waals surface area contributed by atoms with Gasteiger partial charge in [-0.3, -0.25) is 14.9 Å². The van der Waals surface area contributed by atoms with Crippen molar-refractivity contribution in [2.75, 3.05) is 19.9 Å². The number of carbonyl (C=O) groups excluding carboxylic acids is 1. The molecule has 0 bridgehead atoms. The maximum Gasteiger partial charge on any atom is 0.231 e. The highest BCUT2D eigenvalue weighted by Gasteiger charge is 2.42. The Balaban J connectivity index is 1.94. The summed E-state index contributed by atoms with van der Waals surface area (Å²) in [5, 5.41) is 11.1. The Morgan fingerprint density at radius 2 is 2.09 bits per heavy atom. The Kier molecular flexibility index (Phi) is 3.95. The van der Waals surface area contributed by atoms with Crippen LogP contribution in [-0.2, 0) is 14.3 Å². The minimum absolute atomic E-state index is 0.110. The van der Waals surface area contributed by atoms with Crippen LogP contribution in [-0.4, -0.2) is 42.5 Å². The molecule has 8 heteroatoms. The number of benzene rings is 1. The third kappa shape index (κ3) is 3.27. The van der Waals surface area contributed by atoms with E-state index in [0.717, 1.165) is 0 Å². The van der Waals surface area contributed by atoms with Crippen molar-refractivity contribution in [2.24, 2.45) is 0 Å². The van der Waals surface area contributed by atoms with E-state index in [1.165, 1.54) is 0 Å². The molecule has 0 aromatic heterocycles. The molecule has 124 valence electrons. The highest BCUT2D eigenvalue weighted by molar-refractivity contribution is 5.86. The number of hydrogen-bond acceptors (Lipinski definition) is 7. The molecule has 0 N–H and O–H groups in total. The average Bonchev–Trinajstić information content (AvgIpc) is 2.94. The van der Waals surface area contributed by atoms with Gasteiger partial charge in [-0.15, -0.1) is 0 Å². The number of carbonyl (C=O) groups is 1. The summed E-state index contributed by atoms with van der Waals surface area (Å²) < 4.78 is 21.5. The molecule has 0 radical (unpaired) electrons. The minimum Gasteiger partial charge on any atom is -0.454 e. The summed E-state index contributed by atoms with van der Waals surface area (Å²) >= 11 is 0. The number of Topliss-reactive ketones (excluding diaryl/α,β-unsaturated/α-hetero) is 1. The summed E-state index contributed by atoms with van der Waals surface area (Å²) in [6, 6.07) is 5.04. The Hall–Kier alpha value is -2.19. The van der Waals surface area contributed by atoms with E-state index in [9.17, 15) is 14.9 Å². The molecule has 1 aromatic carbocycles. The lowest BCUT2D eigenvalue weighted by Crippen LogP contribution is -2.49. The Bertz CT molecular complexity index is 643. The van der Waals surface area contributed by atoms with E-state index in [4.69, 9.17) is 18.9 Å². The van der Waals surface area contributed by atoms with Crippen LogP contribution in [0.3, 0.4) is 0 Å². The average molecular weight is 323 g/mol. The predicted octanol–water partition coefficient (Wildman–Crippen LogP) is 1.50. The lowest BCUT2D eigenvalue weighted by molar-refractivity contribution is -0.486. The number of ether oxygens (including phenoxy) is 4. The molecule has 1 fully saturated rings. The van der Waals surface area contributed by atoms with Crippen LogP contribution in [0.2, 0.25) is 0 Å². The van der Waals surface area contributed by atoms with Crippen LogP contribution in [0.5, 0.6) is 11.5 Å². The number of hydrogen-bond donors (Lipinski definition) is 0. The molecule has 0 unspecified atom stereocenters. The van der Waals surface area contributed by atoms with Crippen LogP contribution in [0.15, 0.2) is 18.2 Å². The van der Waals surface area contributed by atoms with Crippen LogP contribution >= 0.6 is 0 Å². The van der Waals surface area contributed by atoms with Gasteiger partial charge in [-0.25, -0.2) is 0 Å². The Morgan fingerprint density at radius 1 is 1.35 bits per heavy atom. The van der Waals surface area contributed by atoms with Gasteiger partial charge in [-0.2, -0.15) is 0 Å². The normalized spacial score (nSPS) is 23.6. The first kappa shape index (κ1) is 15.7. The van der Waals surface area contributed by atoms with Crippen molar-refractivity contribution in [1.29, 1.82) is 0 Å². The highest BCUT2D eigenvalue weighted by atomic mass is 16.7. The number of nitro groups is 1. The fourth-order valence-electron chi connectivity index (χ4n) is 2.72. The smallest absolute Gasteiger partial charge is 0.231 e. The van der Waals surface area contributed by atoms with E-state index in [-0.39, 0.29) is 19.2 Å². The van der Waals surface area contributed by atoms with Crippen LogP contribution in [0.25, 0.3) is 0 Å². The van der Waals surface area contributed by atoms with Crippen molar-refractivity contribution >= 4 is 5.78 Å². The van der Waals surface area contributed by atoms with Gasteiger partial charge in [0.25, 0.3) is 0 Å². The zero-order valence-corrected chi connectivity index (χ0v) is 12.8. The van der Waals surface area contributed by atoms with Gasteiger partial charge in [0.2, 0.25) is 13.3 Å². The van der Waals surface area contributed by atoms with Gasteiger partial charge in [0, 0.05) is 4.92 Å². The largest absolute Gasteiger partial charge is 0.454 e. The molecular formula is C15H17NO7. The second-order valence-corrected chi connectivity index (χ2v) is 5.93. The molecule has 2 heterocycles. The first-order valence-electron chi connectivity index (χ1n) is 7.21. The number of ketones is 1. The maximum absolute atomic E-state index is 12.2. The number of rotatable bonds is 4. The molecule has 23 heavy (non-hydrogen) atoms. The molecule has 3 rings (SSSR count). The van der Waals surface area contributed by atoms with Crippen molar-refractivity contribution in [2.45, 2.75) is 31.7 Å². The van der Waals surface area contributed by atoms with Crippen molar-refractivity contribution in [1.82, 2.24) is 0 Å². The van der Waals surface area contributed by atoms with Crippen LogP contribution in [0, 0.1) is 10.1 Å². The summed E-state index contributed by atoms with van der Waals surface area (Å²) in [4.78, 5) is 22.8. The summed E-state index contributed by atoms with van der Waals surface area (Å²) in [6.45, 7) is 2.91.